The van der Waals surface area contributed by atoms with E-state index in [2.05, 4.69) is 31.3 Å². The van der Waals surface area contributed by atoms with Gasteiger partial charge in [-0.2, -0.15) is 0 Å². The maximum atomic E-state index is 12.8. The lowest BCUT2D eigenvalue weighted by Crippen LogP contribution is -2.49. The Bertz CT molecular complexity index is 836. The first-order valence-corrected chi connectivity index (χ1v) is 8.72. The van der Waals surface area contributed by atoms with Gasteiger partial charge in [0.15, 0.2) is 0 Å². The molecule has 2 N–H and O–H groups in total. The summed E-state index contributed by atoms with van der Waals surface area (Å²) in [6, 6.07) is 3.71. The molecular formula is C18H20ClN3O4. The van der Waals surface area contributed by atoms with Gasteiger partial charge < -0.3 is 0 Å². The molecule has 26 heavy (non-hydrogen) atoms. The molecule has 2 unspecified atom stereocenters. The van der Waals surface area contributed by atoms with Crippen molar-refractivity contribution in [3.63, 3.8) is 0 Å². The first-order chi connectivity index (χ1) is 12.1. The highest BCUT2D eigenvalue weighted by Gasteiger charge is 2.61. The van der Waals surface area contributed by atoms with Crippen LogP contribution in [-0.4, -0.2) is 16.7 Å². The number of hydrazine groups is 1. The fourth-order valence-electron chi connectivity index (χ4n) is 4.24. The topological polar surface area (TPSA) is 101 Å². The molecule has 0 heterocycles. The number of amides is 2. The third kappa shape index (κ3) is 2.67. The van der Waals surface area contributed by atoms with Crippen LogP contribution in [0.15, 0.2) is 30.4 Å². The van der Waals surface area contributed by atoms with Crippen molar-refractivity contribution in [3.05, 3.63) is 51.1 Å². The molecule has 2 aliphatic carbocycles. The number of hydrogen-bond acceptors (Lipinski definition) is 4. The molecule has 1 aromatic carbocycles. The molecule has 2 fully saturated rings. The van der Waals surface area contributed by atoms with Crippen molar-refractivity contribution in [2.75, 3.05) is 0 Å². The molecule has 0 radical (unpaired) electrons. The molecule has 1 aromatic rings. The van der Waals surface area contributed by atoms with Crippen molar-refractivity contribution >= 4 is 29.1 Å². The van der Waals surface area contributed by atoms with Crippen molar-refractivity contribution in [2.24, 2.45) is 16.7 Å². The summed E-state index contributed by atoms with van der Waals surface area (Å²) < 4.78 is 0. The predicted molar refractivity (Wildman–Crippen MR) is 96.4 cm³/mol. The zero-order valence-corrected chi connectivity index (χ0v) is 15.4. The molecule has 2 amide bonds. The van der Waals surface area contributed by atoms with Crippen LogP contribution in [0.1, 0.15) is 43.5 Å². The SMILES string of the molecule is C=C1C2(C(=O)NNC(=O)c3ccc(Cl)c([N+](=O)[O-])c3)CCC(C2)C1(C)C. The van der Waals surface area contributed by atoms with Crippen LogP contribution in [0.25, 0.3) is 0 Å². The molecule has 0 aromatic heterocycles. The number of fused-ring (bicyclic) bond motifs is 2. The van der Waals surface area contributed by atoms with Crippen molar-refractivity contribution in [3.8, 4) is 0 Å². The largest absolute Gasteiger partial charge is 0.288 e. The number of benzene rings is 1. The van der Waals surface area contributed by atoms with Crippen LogP contribution < -0.4 is 10.9 Å². The molecule has 2 saturated carbocycles. The molecule has 0 saturated heterocycles. The average Bonchev–Trinajstić information content (AvgIpc) is 3.12. The van der Waals surface area contributed by atoms with Crippen LogP contribution in [0.5, 0.6) is 0 Å². The summed E-state index contributed by atoms with van der Waals surface area (Å²) in [7, 11) is 0. The highest BCUT2D eigenvalue weighted by atomic mass is 35.5. The van der Waals surface area contributed by atoms with E-state index in [9.17, 15) is 19.7 Å². The van der Waals surface area contributed by atoms with Gasteiger partial charge in [-0.3, -0.25) is 30.6 Å². The third-order valence-electron chi connectivity index (χ3n) is 6.02. The zero-order valence-electron chi connectivity index (χ0n) is 14.6. The summed E-state index contributed by atoms with van der Waals surface area (Å²) in [4.78, 5) is 35.3. The van der Waals surface area contributed by atoms with Gasteiger partial charge in [0.25, 0.3) is 11.6 Å². The van der Waals surface area contributed by atoms with Gasteiger partial charge in [-0.05, 0) is 42.7 Å². The van der Waals surface area contributed by atoms with Gasteiger partial charge in [-0.1, -0.05) is 37.6 Å². The molecule has 2 atom stereocenters. The predicted octanol–water partition coefficient (Wildman–Crippen LogP) is 3.39. The summed E-state index contributed by atoms with van der Waals surface area (Å²) in [6.07, 6.45) is 2.40. The van der Waals surface area contributed by atoms with E-state index in [1.54, 1.807) is 0 Å². The van der Waals surface area contributed by atoms with Gasteiger partial charge in [0.05, 0.1) is 10.3 Å². The van der Waals surface area contributed by atoms with Crippen molar-refractivity contribution in [2.45, 2.75) is 33.1 Å². The van der Waals surface area contributed by atoms with E-state index >= 15 is 0 Å². The Kier molecular flexibility index (Phi) is 4.30. The summed E-state index contributed by atoms with van der Waals surface area (Å²) >= 11 is 5.74. The first kappa shape index (κ1) is 18.4. The molecule has 138 valence electrons. The fourth-order valence-corrected chi connectivity index (χ4v) is 4.43. The minimum Gasteiger partial charge on any atom is -0.272 e. The summed E-state index contributed by atoms with van der Waals surface area (Å²) in [5.74, 6) is -0.519. The quantitative estimate of drug-likeness (QED) is 0.479. The second kappa shape index (κ2) is 6.09. The number of carbonyl (C=O) groups excluding carboxylic acids is 2. The Balaban J connectivity index is 1.71. The lowest BCUT2D eigenvalue weighted by molar-refractivity contribution is -0.384. The molecule has 0 spiro atoms. The second-order valence-corrected chi connectivity index (χ2v) is 7.96. The maximum Gasteiger partial charge on any atom is 0.288 e. The molecule has 2 bridgehead atoms. The van der Waals surface area contributed by atoms with Gasteiger partial charge in [0.2, 0.25) is 5.91 Å². The molecular weight excluding hydrogens is 358 g/mol. The zero-order chi connectivity index (χ0) is 19.3. The van der Waals surface area contributed by atoms with E-state index in [4.69, 9.17) is 11.6 Å². The van der Waals surface area contributed by atoms with Crippen molar-refractivity contribution in [1.82, 2.24) is 10.9 Å². The molecule has 2 aliphatic rings. The number of halogens is 1. The smallest absolute Gasteiger partial charge is 0.272 e. The van der Waals surface area contributed by atoms with Crippen LogP contribution in [-0.2, 0) is 4.79 Å². The van der Waals surface area contributed by atoms with Gasteiger partial charge in [-0.15, -0.1) is 0 Å². The number of carbonyl (C=O) groups is 2. The highest BCUT2D eigenvalue weighted by Crippen LogP contribution is 2.65. The third-order valence-corrected chi connectivity index (χ3v) is 6.34. The van der Waals surface area contributed by atoms with E-state index in [0.29, 0.717) is 12.3 Å². The van der Waals surface area contributed by atoms with Gasteiger partial charge >= 0.3 is 0 Å². The van der Waals surface area contributed by atoms with Gasteiger partial charge in [0.1, 0.15) is 5.02 Å². The normalized spacial score (nSPS) is 25.8. The lowest BCUT2D eigenvalue weighted by Gasteiger charge is -2.37. The van der Waals surface area contributed by atoms with Gasteiger partial charge in [-0.25, -0.2) is 0 Å². The monoisotopic (exact) mass is 377 g/mol. The maximum absolute atomic E-state index is 12.8. The van der Waals surface area contributed by atoms with E-state index in [-0.39, 0.29) is 27.6 Å². The van der Waals surface area contributed by atoms with E-state index in [0.717, 1.165) is 24.5 Å². The van der Waals surface area contributed by atoms with E-state index in [1.807, 2.05) is 0 Å². The number of nitro benzene ring substituents is 1. The van der Waals surface area contributed by atoms with E-state index < -0.39 is 16.2 Å². The van der Waals surface area contributed by atoms with Crippen LogP contribution in [0.4, 0.5) is 5.69 Å². The molecule has 0 aliphatic heterocycles. The number of nitrogens with zero attached hydrogens (tertiary/aromatic N) is 1. The Morgan fingerprint density at radius 2 is 2.04 bits per heavy atom. The van der Waals surface area contributed by atoms with Gasteiger partial charge in [0, 0.05) is 11.6 Å². The van der Waals surface area contributed by atoms with Crippen molar-refractivity contribution < 1.29 is 14.5 Å². The Hall–Kier alpha value is -2.41. The number of nitrogens with one attached hydrogen (secondary N) is 2. The molecule has 7 nitrogen and oxygen atoms in total. The van der Waals surface area contributed by atoms with E-state index in [1.165, 1.54) is 12.1 Å². The summed E-state index contributed by atoms with van der Waals surface area (Å²) in [6.45, 7) is 8.34. The van der Waals surface area contributed by atoms with Crippen LogP contribution in [0, 0.1) is 26.9 Å². The minimum absolute atomic E-state index is 0.0359. The standard InChI is InChI=1S/C18H20ClN3O4/c1-10-17(2,3)12-6-7-18(10,9-12)16(24)21-20-15(23)11-4-5-13(19)14(8-11)22(25)26/h4-5,8,12H,1,6-7,9H2,2-3H3,(H,20,23)(H,21,24). The minimum atomic E-state index is -0.667. The van der Waals surface area contributed by atoms with Crippen LogP contribution in [0.3, 0.4) is 0 Å². The lowest BCUT2D eigenvalue weighted by atomic mass is 9.68. The number of hydrogen-bond donors (Lipinski definition) is 2. The average molecular weight is 378 g/mol. The number of rotatable bonds is 3. The summed E-state index contributed by atoms with van der Waals surface area (Å²) in [5, 5.41) is 10.9. The first-order valence-electron chi connectivity index (χ1n) is 8.34. The van der Waals surface area contributed by atoms with Crippen LogP contribution in [0.2, 0.25) is 5.02 Å². The van der Waals surface area contributed by atoms with Crippen LogP contribution >= 0.6 is 11.6 Å². The fraction of sp³-hybridized carbons (Fsp3) is 0.444. The highest BCUT2D eigenvalue weighted by molar-refractivity contribution is 6.32. The Morgan fingerprint density at radius 1 is 1.35 bits per heavy atom. The number of nitro groups is 1. The molecule has 8 heteroatoms. The second-order valence-electron chi connectivity index (χ2n) is 7.55. The molecule has 3 rings (SSSR count). The summed E-state index contributed by atoms with van der Waals surface area (Å²) in [5.41, 5.74) is 4.62. The Labute approximate surface area is 155 Å². The van der Waals surface area contributed by atoms with Crippen molar-refractivity contribution in [1.29, 1.82) is 0 Å². The Morgan fingerprint density at radius 3 is 2.62 bits per heavy atom.